The maximum Gasteiger partial charge on any atom is 0.141 e. The molecule has 1 aliphatic rings. The van der Waals surface area contributed by atoms with E-state index in [2.05, 4.69) is 15.2 Å². The Morgan fingerprint density at radius 1 is 1.38 bits per heavy atom. The Hall–Kier alpha value is -0.810. The van der Waals surface area contributed by atoms with Crippen molar-refractivity contribution in [1.82, 2.24) is 9.88 Å². The number of aromatic nitrogens is 1. The molecule has 1 aromatic rings. The number of hydrogen-bond acceptors (Lipinski definition) is 4. The summed E-state index contributed by atoms with van der Waals surface area (Å²) in [4.78, 5) is 6.39. The van der Waals surface area contributed by atoms with Gasteiger partial charge in [-0.3, -0.25) is 4.90 Å². The van der Waals surface area contributed by atoms with E-state index in [1.54, 1.807) is 6.07 Å². The highest BCUT2D eigenvalue weighted by atomic mass is 32.2. The minimum absolute atomic E-state index is 0.293. The van der Waals surface area contributed by atoms with E-state index in [-0.39, 0.29) is 5.82 Å². The number of halogens is 1. The molecule has 1 fully saturated rings. The molecular formula is C11H16FN3S. The normalized spacial score (nSPS) is 17.3. The van der Waals surface area contributed by atoms with Gasteiger partial charge in [-0.05, 0) is 12.1 Å². The Balaban J connectivity index is 1.69. The lowest BCUT2D eigenvalue weighted by Gasteiger charge is -2.26. The number of anilines is 1. The van der Waals surface area contributed by atoms with Crippen LogP contribution in [0.25, 0.3) is 0 Å². The van der Waals surface area contributed by atoms with Gasteiger partial charge in [0.25, 0.3) is 0 Å². The monoisotopic (exact) mass is 241 g/mol. The number of hydrogen-bond donors (Lipinski definition) is 1. The largest absolute Gasteiger partial charge is 0.369 e. The number of nitrogens with one attached hydrogen (secondary N) is 1. The zero-order valence-electron chi connectivity index (χ0n) is 9.16. The molecule has 0 atom stereocenters. The van der Waals surface area contributed by atoms with E-state index in [1.807, 2.05) is 11.8 Å². The van der Waals surface area contributed by atoms with Crippen molar-refractivity contribution in [3.8, 4) is 0 Å². The topological polar surface area (TPSA) is 28.2 Å². The summed E-state index contributed by atoms with van der Waals surface area (Å²) in [7, 11) is 0. The van der Waals surface area contributed by atoms with Gasteiger partial charge < -0.3 is 5.32 Å². The summed E-state index contributed by atoms with van der Waals surface area (Å²) in [6.07, 6.45) is 1.24. The second-order valence-electron chi connectivity index (χ2n) is 3.74. The van der Waals surface area contributed by atoms with Gasteiger partial charge in [0.05, 0.1) is 6.20 Å². The standard InChI is InChI=1S/C11H16FN3S/c12-10-1-2-11(14-9-10)13-3-4-15-5-7-16-8-6-15/h1-2,9H,3-8H2,(H,13,14). The molecule has 0 aliphatic carbocycles. The maximum atomic E-state index is 12.6. The first-order valence-corrected chi connectivity index (χ1v) is 6.65. The summed E-state index contributed by atoms with van der Waals surface area (Å²) in [5, 5.41) is 3.19. The lowest BCUT2D eigenvalue weighted by atomic mass is 10.4. The molecule has 0 unspecified atom stereocenters. The molecule has 1 N–H and O–H groups in total. The molecule has 0 bridgehead atoms. The lowest BCUT2D eigenvalue weighted by Crippen LogP contribution is -2.36. The highest BCUT2D eigenvalue weighted by Crippen LogP contribution is 2.08. The van der Waals surface area contributed by atoms with Crippen molar-refractivity contribution in [2.45, 2.75) is 0 Å². The van der Waals surface area contributed by atoms with Gasteiger partial charge in [-0.15, -0.1) is 0 Å². The molecule has 3 nitrogen and oxygen atoms in total. The van der Waals surface area contributed by atoms with Crippen LogP contribution in [0, 0.1) is 5.82 Å². The number of thioether (sulfide) groups is 1. The fourth-order valence-electron chi connectivity index (χ4n) is 1.65. The molecule has 0 spiro atoms. The first-order chi connectivity index (χ1) is 7.84. The van der Waals surface area contributed by atoms with Crippen LogP contribution in [-0.4, -0.2) is 47.6 Å². The van der Waals surface area contributed by atoms with Crippen LogP contribution in [0.1, 0.15) is 0 Å². The van der Waals surface area contributed by atoms with Gasteiger partial charge in [-0.2, -0.15) is 11.8 Å². The van der Waals surface area contributed by atoms with E-state index < -0.39 is 0 Å². The van der Waals surface area contributed by atoms with Gasteiger partial charge >= 0.3 is 0 Å². The SMILES string of the molecule is Fc1ccc(NCCN2CCSCC2)nc1. The zero-order chi connectivity index (χ0) is 11.2. The van der Waals surface area contributed by atoms with Crippen molar-refractivity contribution in [2.24, 2.45) is 0 Å². The van der Waals surface area contributed by atoms with Crippen molar-refractivity contribution >= 4 is 17.6 Å². The van der Waals surface area contributed by atoms with Crippen LogP contribution in [0.3, 0.4) is 0 Å². The smallest absolute Gasteiger partial charge is 0.141 e. The Kier molecular flexibility index (Phi) is 4.42. The highest BCUT2D eigenvalue weighted by molar-refractivity contribution is 7.99. The minimum Gasteiger partial charge on any atom is -0.369 e. The molecule has 0 saturated carbocycles. The number of pyridine rings is 1. The molecule has 2 rings (SSSR count). The van der Waals surface area contributed by atoms with Crippen molar-refractivity contribution in [1.29, 1.82) is 0 Å². The van der Waals surface area contributed by atoms with E-state index in [0.717, 1.165) is 18.9 Å². The third-order valence-corrected chi connectivity index (χ3v) is 3.51. The van der Waals surface area contributed by atoms with Crippen LogP contribution in [0.2, 0.25) is 0 Å². The van der Waals surface area contributed by atoms with Gasteiger partial charge in [-0.25, -0.2) is 9.37 Å². The summed E-state index contributed by atoms with van der Waals surface area (Å²) in [6, 6.07) is 3.09. The number of nitrogens with zero attached hydrogens (tertiary/aromatic N) is 2. The second-order valence-corrected chi connectivity index (χ2v) is 4.97. The third-order valence-electron chi connectivity index (χ3n) is 2.57. The third kappa shape index (κ3) is 3.64. The van der Waals surface area contributed by atoms with Crippen molar-refractivity contribution in [3.63, 3.8) is 0 Å². The fraction of sp³-hybridized carbons (Fsp3) is 0.545. The summed E-state index contributed by atoms with van der Waals surface area (Å²) in [5.41, 5.74) is 0. The second kappa shape index (κ2) is 6.06. The number of rotatable bonds is 4. The Morgan fingerprint density at radius 3 is 2.88 bits per heavy atom. The van der Waals surface area contributed by atoms with E-state index in [0.29, 0.717) is 0 Å². The van der Waals surface area contributed by atoms with Gasteiger partial charge in [0.15, 0.2) is 0 Å². The molecule has 88 valence electrons. The van der Waals surface area contributed by atoms with Crippen LogP contribution in [0.15, 0.2) is 18.3 Å². The molecule has 0 amide bonds. The molecule has 16 heavy (non-hydrogen) atoms. The predicted molar refractivity (Wildman–Crippen MR) is 66.4 cm³/mol. The first kappa shape index (κ1) is 11.7. The van der Waals surface area contributed by atoms with Crippen LogP contribution >= 0.6 is 11.8 Å². The van der Waals surface area contributed by atoms with E-state index >= 15 is 0 Å². The Bertz CT molecular complexity index is 312. The van der Waals surface area contributed by atoms with Crippen LogP contribution in [0.4, 0.5) is 10.2 Å². The van der Waals surface area contributed by atoms with Crippen LogP contribution in [0.5, 0.6) is 0 Å². The average Bonchev–Trinajstić information content (AvgIpc) is 2.33. The van der Waals surface area contributed by atoms with Crippen molar-refractivity contribution in [3.05, 3.63) is 24.1 Å². The van der Waals surface area contributed by atoms with Gasteiger partial charge in [0.2, 0.25) is 0 Å². The van der Waals surface area contributed by atoms with Crippen molar-refractivity contribution < 1.29 is 4.39 Å². The minimum atomic E-state index is -0.293. The molecule has 2 heterocycles. The van der Waals surface area contributed by atoms with Crippen molar-refractivity contribution in [2.75, 3.05) is 43.0 Å². The predicted octanol–water partition coefficient (Wildman–Crippen LogP) is 1.68. The van der Waals surface area contributed by atoms with E-state index in [9.17, 15) is 4.39 Å². The maximum absolute atomic E-state index is 12.6. The lowest BCUT2D eigenvalue weighted by molar-refractivity contribution is 0.314. The summed E-state index contributed by atoms with van der Waals surface area (Å²) in [6.45, 7) is 4.23. The van der Waals surface area contributed by atoms with Crippen LogP contribution in [-0.2, 0) is 0 Å². The molecule has 1 aliphatic heterocycles. The molecular weight excluding hydrogens is 225 g/mol. The fourth-order valence-corrected chi connectivity index (χ4v) is 2.63. The summed E-state index contributed by atoms with van der Waals surface area (Å²) >= 11 is 2.01. The molecule has 1 saturated heterocycles. The average molecular weight is 241 g/mol. The highest BCUT2D eigenvalue weighted by Gasteiger charge is 2.09. The van der Waals surface area contributed by atoms with Gasteiger partial charge in [0, 0.05) is 37.7 Å². The van der Waals surface area contributed by atoms with E-state index in [1.165, 1.54) is 36.9 Å². The quantitative estimate of drug-likeness (QED) is 0.868. The first-order valence-electron chi connectivity index (χ1n) is 5.50. The van der Waals surface area contributed by atoms with E-state index in [4.69, 9.17) is 0 Å². The summed E-state index contributed by atoms with van der Waals surface area (Å²) < 4.78 is 12.6. The van der Waals surface area contributed by atoms with Crippen LogP contribution < -0.4 is 5.32 Å². The Labute approximate surface area is 99.4 Å². The molecule has 5 heteroatoms. The Morgan fingerprint density at radius 2 is 2.19 bits per heavy atom. The molecule has 1 aromatic heterocycles. The van der Waals surface area contributed by atoms with Gasteiger partial charge in [0.1, 0.15) is 11.6 Å². The molecule has 0 radical (unpaired) electrons. The van der Waals surface area contributed by atoms with Gasteiger partial charge in [-0.1, -0.05) is 0 Å². The zero-order valence-corrected chi connectivity index (χ0v) is 9.97. The summed E-state index contributed by atoms with van der Waals surface area (Å²) in [5.74, 6) is 2.91. The molecule has 0 aromatic carbocycles.